The minimum absolute atomic E-state index is 0.0722. The Hall–Kier alpha value is -2.45. The van der Waals surface area contributed by atoms with Crippen LogP contribution in [0, 0.1) is 0 Å². The molecule has 8 heteroatoms. The number of amides is 3. The van der Waals surface area contributed by atoms with E-state index in [2.05, 4.69) is 10.6 Å². The lowest BCUT2D eigenvalue weighted by molar-refractivity contribution is -0.133. The monoisotopic (exact) mass is 388 g/mol. The van der Waals surface area contributed by atoms with Crippen LogP contribution in [0.4, 0.5) is 5.69 Å². The molecule has 0 unspecified atom stereocenters. The fourth-order valence-electron chi connectivity index (χ4n) is 3.63. The standard InChI is InChI=1S/C20H28N4O4/c1-14(2)24-7-6-21-19(26)17(24)13-18(25)22-16-5-3-4-15(12-16)20(27)23-8-10-28-11-9-23/h3-5,12,14,17H,6-11,13H2,1-2H3,(H,21,26)(H,22,25)/t17-/m0/s1. The number of anilines is 1. The fourth-order valence-corrected chi connectivity index (χ4v) is 3.63. The molecule has 1 aromatic carbocycles. The van der Waals surface area contributed by atoms with E-state index in [9.17, 15) is 14.4 Å². The molecule has 1 aromatic rings. The van der Waals surface area contributed by atoms with Crippen LogP contribution in [0.1, 0.15) is 30.6 Å². The number of ether oxygens (including phenoxy) is 1. The number of nitrogens with one attached hydrogen (secondary N) is 2. The lowest BCUT2D eigenvalue weighted by atomic mass is 10.1. The van der Waals surface area contributed by atoms with Crippen molar-refractivity contribution in [1.29, 1.82) is 0 Å². The molecule has 1 atom stereocenters. The Bertz CT molecular complexity index is 731. The highest BCUT2D eigenvalue weighted by Gasteiger charge is 2.33. The third-order valence-electron chi connectivity index (χ3n) is 5.11. The SMILES string of the molecule is CC(C)N1CCNC(=O)[C@@H]1CC(=O)Nc1cccc(C(=O)N2CCOCC2)c1. The molecule has 0 saturated carbocycles. The number of morpholine rings is 1. The van der Waals surface area contributed by atoms with Gasteiger partial charge in [0.05, 0.1) is 25.7 Å². The maximum absolute atomic E-state index is 12.6. The number of piperazine rings is 1. The van der Waals surface area contributed by atoms with Gasteiger partial charge in [0.1, 0.15) is 0 Å². The summed E-state index contributed by atoms with van der Waals surface area (Å²) < 4.78 is 5.28. The second kappa shape index (κ2) is 9.16. The smallest absolute Gasteiger partial charge is 0.254 e. The summed E-state index contributed by atoms with van der Waals surface area (Å²) in [5, 5.41) is 5.65. The number of carbonyl (C=O) groups excluding carboxylic acids is 3. The minimum atomic E-state index is -0.480. The molecule has 2 saturated heterocycles. The summed E-state index contributed by atoms with van der Waals surface area (Å²) in [5.74, 6) is -0.438. The molecular formula is C20H28N4O4. The first-order valence-electron chi connectivity index (χ1n) is 9.76. The molecule has 3 rings (SSSR count). The molecule has 2 aliphatic rings. The summed E-state index contributed by atoms with van der Waals surface area (Å²) in [6, 6.07) is 6.61. The first-order chi connectivity index (χ1) is 13.5. The summed E-state index contributed by atoms with van der Waals surface area (Å²) in [7, 11) is 0. The quantitative estimate of drug-likeness (QED) is 0.775. The van der Waals surface area contributed by atoms with Crippen molar-refractivity contribution in [2.75, 3.05) is 44.7 Å². The Morgan fingerprint density at radius 1 is 1.25 bits per heavy atom. The highest BCUT2D eigenvalue weighted by atomic mass is 16.5. The maximum Gasteiger partial charge on any atom is 0.254 e. The van der Waals surface area contributed by atoms with Gasteiger partial charge in [-0.25, -0.2) is 0 Å². The highest BCUT2D eigenvalue weighted by Crippen LogP contribution is 2.17. The van der Waals surface area contributed by atoms with E-state index < -0.39 is 6.04 Å². The summed E-state index contributed by atoms with van der Waals surface area (Å²) in [4.78, 5) is 41.2. The van der Waals surface area contributed by atoms with Crippen LogP contribution in [0.2, 0.25) is 0 Å². The summed E-state index contributed by atoms with van der Waals surface area (Å²) in [6.45, 7) is 7.57. The van der Waals surface area contributed by atoms with E-state index in [0.29, 0.717) is 44.1 Å². The predicted octanol–water partition coefficient (Wildman–Crippen LogP) is 0.696. The van der Waals surface area contributed by atoms with E-state index in [1.807, 2.05) is 18.7 Å². The van der Waals surface area contributed by atoms with Gasteiger partial charge in [-0.1, -0.05) is 6.07 Å². The van der Waals surface area contributed by atoms with E-state index in [0.717, 1.165) is 6.54 Å². The maximum atomic E-state index is 12.6. The Kier molecular flexibility index (Phi) is 6.64. The molecule has 28 heavy (non-hydrogen) atoms. The van der Waals surface area contributed by atoms with Crippen molar-refractivity contribution < 1.29 is 19.1 Å². The van der Waals surface area contributed by atoms with Gasteiger partial charge in [0.25, 0.3) is 5.91 Å². The third-order valence-corrected chi connectivity index (χ3v) is 5.11. The third kappa shape index (κ3) is 4.88. The predicted molar refractivity (Wildman–Crippen MR) is 105 cm³/mol. The van der Waals surface area contributed by atoms with Crippen molar-refractivity contribution >= 4 is 23.4 Å². The first kappa shape index (κ1) is 20.3. The van der Waals surface area contributed by atoms with Crippen molar-refractivity contribution in [3.8, 4) is 0 Å². The second-order valence-electron chi connectivity index (χ2n) is 7.38. The van der Waals surface area contributed by atoms with Crippen LogP contribution in [0.25, 0.3) is 0 Å². The Morgan fingerprint density at radius 3 is 2.71 bits per heavy atom. The molecule has 2 aliphatic heterocycles. The van der Waals surface area contributed by atoms with Crippen LogP contribution in [0.5, 0.6) is 0 Å². The average molecular weight is 388 g/mol. The summed E-state index contributed by atoms with van der Waals surface area (Å²) in [5.41, 5.74) is 1.08. The zero-order valence-corrected chi connectivity index (χ0v) is 16.4. The largest absolute Gasteiger partial charge is 0.378 e. The van der Waals surface area contributed by atoms with Crippen LogP contribution in [-0.2, 0) is 14.3 Å². The van der Waals surface area contributed by atoms with Gasteiger partial charge < -0.3 is 20.3 Å². The van der Waals surface area contributed by atoms with E-state index in [-0.39, 0.29) is 30.2 Å². The first-order valence-corrected chi connectivity index (χ1v) is 9.76. The van der Waals surface area contributed by atoms with Crippen LogP contribution in [-0.4, -0.2) is 79.0 Å². The average Bonchev–Trinajstić information content (AvgIpc) is 2.69. The molecule has 152 valence electrons. The van der Waals surface area contributed by atoms with Gasteiger partial charge in [0, 0.05) is 43.5 Å². The van der Waals surface area contributed by atoms with Crippen LogP contribution in [0.3, 0.4) is 0 Å². The van der Waals surface area contributed by atoms with Gasteiger partial charge in [0.2, 0.25) is 11.8 Å². The molecule has 3 amide bonds. The number of hydrogen-bond donors (Lipinski definition) is 2. The Morgan fingerprint density at radius 2 is 2.00 bits per heavy atom. The van der Waals surface area contributed by atoms with E-state index in [1.165, 1.54) is 0 Å². The molecule has 0 aliphatic carbocycles. The number of rotatable bonds is 5. The number of hydrogen-bond acceptors (Lipinski definition) is 5. The van der Waals surface area contributed by atoms with Gasteiger partial charge in [-0.2, -0.15) is 0 Å². The summed E-state index contributed by atoms with van der Waals surface area (Å²) >= 11 is 0. The molecule has 0 aromatic heterocycles. The van der Waals surface area contributed by atoms with Gasteiger partial charge >= 0.3 is 0 Å². The highest BCUT2D eigenvalue weighted by molar-refractivity contribution is 5.98. The van der Waals surface area contributed by atoms with Crippen molar-refractivity contribution in [1.82, 2.24) is 15.1 Å². The molecule has 2 heterocycles. The lowest BCUT2D eigenvalue weighted by Gasteiger charge is -2.37. The Balaban J connectivity index is 1.63. The van der Waals surface area contributed by atoms with E-state index in [1.54, 1.807) is 29.2 Å². The Labute approximate surface area is 165 Å². The molecule has 0 radical (unpaired) electrons. The molecule has 8 nitrogen and oxygen atoms in total. The fraction of sp³-hybridized carbons (Fsp3) is 0.550. The van der Waals surface area contributed by atoms with E-state index in [4.69, 9.17) is 4.74 Å². The van der Waals surface area contributed by atoms with Gasteiger partial charge in [-0.15, -0.1) is 0 Å². The lowest BCUT2D eigenvalue weighted by Crippen LogP contribution is -2.58. The van der Waals surface area contributed by atoms with Crippen molar-refractivity contribution in [2.24, 2.45) is 0 Å². The molecule has 2 N–H and O–H groups in total. The zero-order valence-electron chi connectivity index (χ0n) is 16.4. The summed E-state index contributed by atoms with van der Waals surface area (Å²) in [6.07, 6.45) is 0.0751. The topological polar surface area (TPSA) is 91.0 Å². The van der Waals surface area contributed by atoms with Crippen molar-refractivity contribution in [3.63, 3.8) is 0 Å². The number of benzene rings is 1. The molecular weight excluding hydrogens is 360 g/mol. The van der Waals surface area contributed by atoms with Gasteiger partial charge in [-0.05, 0) is 32.0 Å². The van der Waals surface area contributed by atoms with E-state index >= 15 is 0 Å². The second-order valence-corrected chi connectivity index (χ2v) is 7.38. The van der Waals surface area contributed by atoms with Crippen LogP contribution < -0.4 is 10.6 Å². The molecule has 2 fully saturated rings. The van der Waals surface area contributed by atoms with Crippen molar-refractivity contribution in [3.05, 3.63) is 29.8 Å². The minimum Gasteiger partial charge on any atom is -0.378 e. The molecule has 0 bridgehead atoms. The van der Waals surface area contributed by atoms with Crippen molar-refractivity contribution in [2.45, 2.75) is 32.4 Å². The number of carbonyl (C=O) groups is 3. The normalized spacial score (nSPS) is 20.8. The zero-order chi connectivity index (χ0) is 20.1. The number of nitrogens with zero attached hydrogens (tertiary/aromatic N) is 2. The van der Waals surface area contributed by atoms with Crippen LogP contribution >= 0.6 is 0 Å². The van der Waals surface area contributed by atoms with Gasteiger partial charge in [-0.3, -0.25) is 19.3 Å². The van der Waals surface area contributed by atoms with Crippen LogP contribution in [0.15, 0.2) is 24.3 Å². The molecule has 0 spiro atoms. The van der Waals surface area contributed by atoms with Gasteiger partial charge in [0.15, 0.2) is 0 Å².